The molecule has 2 unspecified atom stereocenters. The van der Waals surface area contributed by atoms with Crippen molar-refractivity contribution in [2.45, 2.75) is 52.2 Å². The van der Waals surface area contributed by atoms with Crippen LogP contribution >= 0.6 is 0 Å². The summed E-state index contributed by atoms with van der Waals surface area (Å²) in [5.74, 6) is -0.396. The van der Waals surface area contributed by atoms with Crippen molar-refractivity contribution in [1.29, 1.82) is 0 Å². The summed E-state index contributed by atoms with van der Waals surface area (Å²) >= 11 is 0. The van der Waals surface area contributed by atoms with Crippen LogP contribution < -0.4 is 5.32 Å². The van der Waals surface area contributed by atoms with Gasteiger partial charge in [0.05, 0.1) is 18.6 Å². The maximum atomic E-state index is 11.7. The highest BCUT2D eigenvalue weighted by atomic mass is 16.6. The summed E-state index contributed by atoms with van der Waals surface area (Å²) < 4.78 is 10.2. The van der Waals surface area contributed by atoms with Crippen LogP contribution in [0, 0.1) is 5.92 Å². The van der Waals surface area contributed by atoms with E-state index in [1.807, 2.05) is 32.9 Å². The van der Waals surface area contributed by atoms with E-state index in [1.54, 1.807) is 6.92 Å². The minimum Gasteiger partial charge on any atom is -0.466 e. The van der Waals surface area contributed by atoms with Gasteiger partial charge in [-0.05, 0) is 40.5 Å². The lowest BCUT2D eigenvalue weighted by Gasteiger charge is -2.26. The first-order valence-corrected chi connectivity index (χ1v) is 6.64. The van der Waals surface area contributed by atoms with Crippen LogP contribution in [0.5, 0.6) is 0 Å². The Morgan fingerprint density at radius 1 is 1.37 bits per heavy atom. The van der Waals surface area contributed by atoms with Crippen molar-refractivity contribution in [3.63, 3.8) is 0 Å². The van der Waals surface area contributed by atoms with Gasteiger partial charge in [-0.1, -0.05) is 12.2 Å². The average molecular weight is 269 g/mol. The topological polar surface area (TPSA) is 64.6 Å². The fraction of sp³-hybridized carbons (Fsp3) is 0.714. The molecule has 0 saturated carbocycles. The summed E-state index contributed by atoms with van der Waals surface area (Å²) in [6, 6.07) is -0.182. The van der Waals surface area contributed by atoms with Crippen LogP contribution in [0.25, 0.3) is 0 Å². The number of rotatable bonds is 3. The Balaban J connectivity index is 2.47. The van der Waals surface area contributed by atoms with Gasteiger partial charge in [-0.25, -0.2) is 4.79 Å². The summed E-state index contributed by atoms with van der Waals surface area (Å²) in [6.07, 6.45) is 4.53. The number of alkyl carbamates (subject to hydrolysis) is 1. The first-order valence-electron chi connectivity index (χ1n) is 6.64. The Kier molecular flexibility index (Phi) is 5.39. The van der Waals surface area contributed by atoms with E-state index >= 15 is 0 Å². The van der Waals surface area contributed by atoms with E-state index in [1.165, 1.54) is 0 Å². The SMILES string of the molecule is CCOC(=O)C1CC=CC(NC(=O)OC(C)(C)C)C1. The van der Waals surface area contributed by atoms with Crippen LogP contribution in [0.2, 0.25) is 0 Å². The van der Waals surface area contributed by atoms with Crippen LogP contribution in [-0.2, 0) is 14.3 Å². The van der Waals surface area contributed by atoms with Crippen molar-refractivity contribution >= 4 is 12.1 Å². The third-order valence-electron chi connectivity index (χ3n) is 2.65. The molecule has 19 heavy (non-hydrogen) atoms. The normalized spacial score (nSPS) is 22.7. The first kappa shape index (κ1) is 15.5. The van der Waals surface area contributed by atoms with Crippen molar-refractivity contribution in [2.24, 2.45) is 5.92 Å². The van der Waals surface area contributed by atoms with Crippen molar-refractivity contribution in [3.8, 4) is 0 Å². The monoisotopic (exact) mass is 269 g/mol. The molecular formula is C14H23NO4. The number of ether oxygens (including phenoxy) is 2. The highest BCUT2D eigenvalue weighted by Crippen LogP contribution is 2.20. The van der Waals surface area contributed by atoms with Crippen LogP contribution in [0.4, 0.5) is 4.79 Å². The molecule has 0 heterocycles. The molecule has 0 aromatic rings. The second-order valence-corrected chi connectivity index (χ2v) is 5.60. The first-order chi connectivity index (χ1) is 8.81. The Morgan fingerprint density at radius 3 is 2.63 bits per heavy atom. The van der Waals surface area contributed by atoms with Crippen LogP contribution in [0.15, 0.2) is 12.2 Å². The van der Waals surface area contributed by atoms with Gasteiger partial charge in [0.15, 0.2) is 0 Å². The molecule has 1 amide bonds. The lowest BCUT2D eigenvalue weighted by Crippen LogP contribution is -2.41. The number of carbonyl (C=O) groups is 2. The van der Waals surface area contributed by atoms with E-state index < -0.39 is 11.7 Å². The molecule has 5 nitrogen and oxygen atoms in total. The number of nitrogens with one attached hydrogen (secondary N) is 1. The summed E-state index contributed by atoms with van der Waals surface area (Å²) in [7, 11) is 0. The number of esters is 1. The third-order valence-corrected chi connectivity index (χ3v) is 2.65. The minimum absolute atomic E-state index is 0.182. The molecule has 0 saturated heterocycles. The summed E-state index contributed by atoms with van der Waals surface area (Å²) in [5.41, 5.74) is -0.525. The lowest BCUT2D eigenvalue weighted by atomic mass is 9.91. The molecule has 1 N–H and O–H groups in total. The van der Waals surface area contributed by atoms with Gasteiger partial charge in [0.25, 0.3) is 0 Å². The Morgan fingerprint density at radius 2 is 2.05 bits per heavy atom. The van der Waals surface area contributed by atoms with Gasteiger partial charge in [0, 0.05) is 0 Å². The fourth-order valence-corrected chi connectivity index (χ4v) is 1.91. The number of carbonyl (C=O) groups excluding carboxylic acids is 2. The molecule has 0 spiro atoms. The highest BCUT2D eigenvalue weighted by Gasteiger charge is 2.27. The van der Waals surface area contributed by atoms with Gasteiger partial charge in [-0.15, -0.1) is 0 Å². The van der Waals surface area contributed by atoms with Gasteiger partial charge >= 0.3 is 12.1 Å². The molecule has 1 aliphatic rings. The molecule has 0 aliphatic heterocycles. The summed E-state index contributed by atoms with van der Waals surface area (Å²) in [4.78, 5) is 23.3. The standard InChI is InChI=1S/C14H23NO4/c1-5-18-12(16)10-7-6-8-11(9-10)15-13(17)19-14(2,3)4/h6,8,10-11H,5,7,9H2,1-4H3,(H,15,17). The largest absolute Gasteiger partial charge is 0.466 e. The molecule has 1 rings (SSSR count). The zero-order chi connectivity index (χ0) is 14.5. The molecule has 0 bridgehead atoms. The Bertz CT molecular complexity index is 357. The lowest BCUT2D eigenvalue weighted by molar-refractivity contribution is -0.148. The van der Waals surface area contributed by atoms with Crippen molar-refractivity contribution in [3.05, 3.63) is 12.2 Å². The van der Waals surface area contributed by atoms with Crippen LogP contribution in [0.1, 0.15) is 40.5 Å². The van der Waals surface area contributed by atoms with E-state index in [0.29, 0.717) is 19.4 Å². The Hall–Kier alpha value is -1.52. The Labute approximate surface area is 114 Å². The molecule has 1 aliphatic carbocycles. The van der Waals surface area contributed by atoms with E-state index in [2.05, 4.69) is 5.32 Å². The molecule has 2 atom stereocenters. The quantitative estimate of drug-likeness (QED) is 0.631. The number of hydrogen-bond donors (Lipinski definition) is 1. The van der Waals surface area contributed by atoms with Gasteiger partial charge in [0.2, 0.25) is 0 Å². The van der Waals surface area contributed by atoms with Gasteiger partial charge < -0.3 is 14.8 Å². The fourth-order valence-electron chi connectivity index (χ4n) is 1.91. The highest BCUT2D eigenvalue weighted by molar-refractivity contribution is 5.73. The average Bonchev–Trinajstić information content (AvgIpc) is 2.27. The zero-order valence-electron chi connectivity index (χ0n) is 12.1. The van der Waals surface area contributed by atoms with E-state index in [-0.39, 0.29) is 17.9 Å². The summed E-state index contributed by atoms with van der Waals surface area (Å²) in [6.45, 7) is 7.59. The van der Waals surface area contributed by atoms with Crippen LogP contribution in [0.3, 0.4) is 0 Å². The molecule has 0 aromatic heterocycles. The molecule has 5 heteroatoms. The van der Waals surface area contributed by atoms with Crippen molar-refractivity contribution < 1.29 is 19.1 Å². The van der Waals surface area contributed by atoms with Crippen molar-refractivity contribution in [2.75, 3.05) is 6.61 Å². The number of hydrogen-bond acceptors (Lipinski definition) is 4. The smallest absolute Gasteiger partial charge is 0.408 e. The maximum absolute atomic E-state index is 11.7. The molecule has 108 valence electrons. The molecule has 0 fully saturated rings. The maximum Gasteiger partial charge on any atom is 0.408 e. The molecule has 0 aromatic carbocycles. The predicted octanol–water partition coefficient (Wildman–Crippen LogP) is 2.41. The van der Waals surface area contributed by atoms with E-state index in [0.717, 1.165) is 0 Å². The van der Waals surface area contributed by atoms with Crippen molar-refractivity contribution in [1.82, 2.24) is 5.32 Å². The van der Waals surface area contributed by atoms with Gasteiger partial charge in [0.1, 0.15) is 5.60 Å². The predicted molar refractivity (Wildman–Crippen MR) is 71.7 cm³/mol. The minimum atomic E-state index is -0.525. The van der Waals surface area contributed by atoms with Gasteiger partial charge in [-0.2, -0.15) is 0 Å². The molecular weight excluding hydrogens is 246 g/mol. The van der Waals surface area contributed by atoms with Crippen LogP contribution in [-0.4, -0.2) is 30.3 Å². The summed E-state index contributed by atoms with van der Waals surface area (Å²) in [5, 5.41) is 2.75. The zero-order valence-corrected chi connectivity index (χ0v) is 12.1. The number of allylic oxidation sites excluding steroid dienone is 1. The van der Waals surface area contributed by atoms with E-state index in [9.17, 15) is 9.59 Å². The number of amides is 1. The van der Waals surface area contributed by atoms with E-state index in [4.69, 9.17) is 9.47 Å². The molecule has 0 radical (unpaired) electrons. The second kappa shape index (κ2) is 6.59. The second-order valence-electron chi connectivity index (χ2n) is 5.60. The van der Waals surface area contributed by atoms with Gasteiger partial charge in [-0.3, -0.25) is 4.79 Å². The third kappa shape index (κ3) is 5.77.